The highest BCUT2D eigenvalue weighted by Crippen LogP contribution is 2.22. The van der Waals surface area contributed by atoms with E-state index in [1.165, 1.54) is 11.0 Å². The van der Waals surface area contributed by atoms with Gasteiger partial charge in [0.15, 0.2) is 0 Å². The Bertz CT molecular complexity index is 895. The first-order chi connectivity index (χ1) is 13.4. The lowest BCUT2D eigenvalue weighted by molar-refractivity contribution is -0.138. The summed E-state index contributed by atoms with van der Waals surface area (Å²) in [6.45, 7) is 8.74. The number of nitrogens with zero attached hydrogens (tertiary/aromatic N) is 2. The number of nitrogens with one attached hydrogen (secondary N) is 2. The number of aromatic amines is 1. The smallest absolute Gasteiger partial charge is 0.237 e. The van der Waals surface area contributed by atoms with Crippen molar-refractivity contribution in [3.8, 4) is 0 Å². The number of carbonyl (C=O) groups excluding carboxylic acids is 2. The number of aryl methyl sites for hydroxylation is 1. The number of fused-ring (bicyclic) bond motifs is 1. The predicted octanol–water partition coefficient (Wildman–Crippen LogP) is 2.59. The molecule has 2 N–H and O–H groups in total. The third kappa shape index (κ3) is 4.44. The number of hydrogen-bond donors (Lipinski definition) is 2. The van der Waals surface area contributed by atoms with Crippen molar-refractivity contribution in [2.24, 2.45) is 0 Å². The highest BCUT2D eigenvalue weighted by molar-refractivity contribution is 5.89. The number of para-hydroxylation sites is 1. The molecule has 1 aromatic heterocycles. The molecule has 6 heteroatoms. The molecule has 0 aliphatic carbocycles. The zero-order valence-corrected chi connectivity index (χ0v) is 17.2. The van der Waals surface area contributed by atoms with Gasteiger partial charge in [-0.15, -0.1) is 0 Å². The van der Waals surface area contributed by atoms with Gasteiger partial charge in [-0.3, -0.25) is 14.5 Å². The van der Waals surface area contributed by atoms with Gasteiger partial charge >= 0.3 is 0 Å². The molecule has 2 heterocycles. The Hall–Kier alpha value is -2.60. The van der Waals surface area contributed by atoms with Gasteiger partial charge in [-0.1, -0.05) is 29.8 Å². The minimum Gasteiger partial charge on any atom is -0.357 e. The van der Waals surface area contributed by atoms with Crippen LogP contribution in [0.2, 0.25) is 0 Å². The van der Waals surface area contributed by atoms with Crippen LogP contribution in [-0.4, -0.2) is 59.3 Å². The van der Waals surface area contributed by atoms with E-state index in [9.17, 15) is 9.59 Å². The number of piperazine rings is 1. The fourth-order valence-electron chi connectivity index (χ4n) is 3.65. The van der Waals surface area contributed by atoms with Crippen molar-refractivity contribution in [3.05, 3.63) is 47.2 Å². The summed E-state index contributed by atoms with van der Waals surface area (Å²) in [5, 5.41) is 4.07. The average Bonchev–Trinajstić information content (AvgIpc) is 2.98. The van der Waals surface area contributed by atoms with E-state index in [0.29, 0.717) is 19.6 Å². The number of H-pyrrole nitrogens is 1. The molecule has 0 radical (unpaired) electrons. The van der Waals surface area contributed by atoms with Crippen LogP contribution in [-0.2, 0) is 16.1 Å². The van der Waals surface area contributed by atoms with Crippen molar-refractivity contribution in [1.82, 2.24) is 20.1 Å². The van der Waals surface area contributed by atoms with Crippen molar-refractivity contribution >= 4 is 22.7 Å². The van der Waals surface area contributed by atoms with Gasteiger partial charge in [0.05, 0.1) is 19.0 Å². The van der Waals surface area contributed by atoms with Crippen LogP contribution < -0.4 is 5.32 Å². The zero-order chi connectivity index (χ0) is 20.3. The largest absolute Gasteiger partial charge is 0.357 e. The first-order valence-corrected chi connectivity index (χ1v) is 9.82. The van der Waals surface area contributed by atoms with Crippen LogP contribution in [0.5, 0.6) is 0 Å². The molecule has 0 spiro atoms. The molecule has 28 heavy (non-hydrogen) atoms. The molecule has 1 saturated heterocycles. The number of benzene rings is 1. The van der Waals surface area contributed by atoms with E-state index in [-0.39, 0.29) is 18.2 Å². The minimum absolute atomic E-state index is 0.0256. The number of aromatic nitrogens is 1. The van der Waals surface area contributed by atoms with Crippen LogP contribution in [0.4, 0.5) is 0 Å². The molecule has 1 aliphatic heterocycles. The fourth-order valence-corrected chi connectivity index (χ4v) is 3.65. The summed E-state index contributed by atoms with van der Waals surface area (Å²) in [4.78, 5) is 32.5. The van der Waals surface area contributed by atoms with Gasteiger partial charge < -0.3 is 15.2 Å². The van der Waals surface area contributed by atoms with Crippen LogP contribution >= 0.6 is 0 Å². The van der Waals surface area contributed by atoms with E-state index in [4.69, 9.17) is 0 Å². The summed E-state index contributed by atoms with van der Waals surface area (Å²) in [6.07, 6.45) is 2.30. The van der Waals surface area contributed by atoms with Crippen LogP contribution in [0.3, 0.4) is 0 Å². The molecule has 0 bridgehead atoms. The molecule has 1 unspecified atom stereocenters. The first kappa shape index (κ1) is 20.1. The molecule has 150 valence electrons. The predicted molar refractivity (Wildman–Crippen MR) is 112 cm³/mol. The normalized spacial score (nSPS) is 17.4. The van der Waals surface area contributed by atoms with Gasteiger partial charge in [-0.2, -0.15) is 0 Å². The molecule has 2 amide bonds. The quantitative estimate of drug-likeness (QED) is 0.755. The van der Waals surface area contributed by atoms with Gasteiger partial charge in [0.2, 0.25) is 11.8 Å². The van der Waals surface area contributed by atoms with Gasteiger partial charge in [0, 0.05) is 43.3 Å². The molecular formula is C22H30N4O2. The van der Waals surface area contributed by atoms with E-state index in [1.807, 2.05) is 32.0 Å². The summed E-state index contributed by atoms with van der Waals surface area (Å²) >= 11 is 0. The third-order valence-electron chi connectivity index (χ3n) is 5.43. The number of amides is 2. The number of allylic oxidation sites excluding steroid dienone is 1. The molecule has 1 atom stereocenters. The number of hydrogen-bond acceptors (Lipinski definition) is 3. The second kappa shape index (κ2) is 8.61. The molecule has 3 rings (SSSR count). The highest BCUT2D eigenvalue weighted by Gasteiger charge is 2.32. The molecule has 1 aliphatic rings. The van der Waals surface area contributed by atoms with Crippen LogP contribution in [0.25, 0.3) is 10.9 Å². The summed E-state index contributed by atoms with van der Waals surface area (Å²) in [6, 6.07) is 7.73. The van der Waals surface area contributed by atoms with Gasteiger partial charge in [-0.25, -0.2) is 0 Å². The summed E-state index contributed by atoms with van der Waals surface area (Å²) in [5.74, 6) is -0.0840. The van der Waals surface area contributed by atoms with Crippen LogP contribution in [0.15, 0.2) is 35.9 Å². The summed E-state index contributed by atoms with van der Waals surface area (Å²) in [7, 11) is 1.80. The number of carbonyl (C=O) groups is 2. The van der Waals surface area contributed by atoms with E-state index in [1.54, 1.807) is 11.9 Å². The van der Waals surface area contributed by atoms with Crippen molar-refractivity contribution in [2.75, 3.05) is 26.7 Å². The molecule has 6 nitrogen and oxygen atoms in total. The van der Waals surface area contributed by atoms with Crippen molar-refractivity contribution in [1.29, 1.82) is 0 Å². The standard InChI is InChI=1S/C22H30N4O2/c1-15(2)9-11-26-12-10-23-22(28)20(26)13-21(27)25(4)14-19-16(3)17-7-5-6-8-18(17)24-19/h5-9,20,24H,10-14H2,1-4H3,(H,23,28). The SMILES string of the molecule is CC(C)=CCN1CCNC(=O)C1CC(=O)N(C)Cc1[nH]c2ccccc2c1C. The molecule has 1 aromatic carbocycles. The summed E-state index contributed by atoms with van der Waals surface area (Å²) < 4.78 is 0. The maximum absolute atomic E-state index is 12.9. The lowest BCUT2D eigenvalue weighted by atomic mass is 10.1. The van der Waals surface area contributed by atoms with Crippen LogP contribution in [0.1, 0.15) is 31.5 Å². The maximum atomic E-state index is 12.9. The fraction of sp³-hybridized carbons (Fsp3) is 0.455. The zero-order valence-electron chi connectivity index (χ0n) is 17.2. The van der Waals surface area contributed by atoms with Crippen LogP contribution in [0, 0.1) is 6.92 Å². The third-order valence-corrected chi connectivity index (χ3v) is 5.43. The number of rotatable bonds is 6. The highest BCUT2D eigenvalue weighted by atomic mass is 16.2. The Morgan fingerprint density at radius 1 is 1.32 bits per heavy atom. The molecular weight excluding hydrogens is 352 g/mol. The lowest BCUT2D eigenvalue weighted by Crippen LogP contribution is -2.56. The van der Waals surface area contributed by atoms with Crippen molar-refractivity contribution in [2.45, 2.75) is 39.8 Å². The Labute approximate surface area is 166 Å². The minimum atomic E-state index is -0.414. The van der Waals surface area contributed by atoms with Crippen molar-refractivity contribution in [3.63, 3.8) is 0 Å². The average molecular weight is 383 g/mol. The van der Waals surface area contributed by atoms with E-state index >= 15 is 0 Å². The topological polar surface area (TPSA) is 68.4 Å². The molecule has 1 fully saturated rings. The Balaban J connectivity index is 1.68. The van der Waals surface area contributed by atoms with Gasteiger partial charge in [-0.05, 0) is 32.4 Å². The Morgan fingerprint density at radius 3 is 2.79 bits per heavy atom. The maximum Gasteiger partial charge on any atom is 0.237 e. The Kier molecular flexibility index (Phi) is 6.19. The second-order valence-corrected chi connectivity index (χ2v) is 7.81. The van der Waals surface area contributed by atoms with Gasteiger partial charge in [0.1, 0.15) is 0 Å². The molecule has 2 aromatic rings. The van der Waals surface area contributed by atoms with Gasteiger partial charge in [0.25, 0.3) is 0 Å². The lowest BCUT2D eigenvalue weighted by Gasteiger charge is -2.34. The second-order valence-electron chi connectivity index (χ2n) is 7.81. The van der Waals surface area contributed by atoms with E-state index in [0.717, 1.165) is 23.3 Å². The first-order valence-electron chi connectivity index (χ1n) is 9.82. The summed E-state index contributed by atoms with van der Waals surface area (Å²) in [5.41, 5.74) is 4.49. The van der Waals surface area contributed by atoms with Crippen molar-refractivity contribution < 1.29 is 9.59 Å². The molecule has 0 saturated carbocycles. The van der Waals surface area contributed by atoms with E-state index < -0.39 is 6.04 Å². The monoisotopic (exact) mass is 382 g/mol. The van der Waals surface area contributed by atoms with E-state index in [2.05, 4.69) is 34.3 Å². The Morgan fingerprint density at radius 2 is 2.07 bits per heavy atom.